The van der Waals surface area contributed by atoms with Crippen LogP contribution in [0.4, 0.5) is 5.69 Å². The van der Waals surface area contributed by atoms with E-state index >= 15 is 0 Å². The number of para-hydroxylation sites is 1. The van der Waals surface area contributed by atoms with Gasteiger partial charge in [-0.1, -0.05) is 23.7 Å². The van der Waals surface area contributed by atoms with Crippen molar-refractivity contribution >= 4 is 29.1 Å². The van der Waals surface area contributed by atoms with Gasteiger partial charge in [-0.25, -0.2) is 0 Å². The highest BCUT2D eigenvalue weighted by Gasteiger charge is 2.21. The molecular weight excluding hydrogens is 352 g/mol. The molecule has 1 N–H and O–H groups in total. The van der Waals surface area contributed by atoms with Crippen LogP contribution >= 0.6 is 11.6 Å². The summed E-state index contributed by atoms with van der Waals surface area (Å²) >= 11 is 6.09. The monoisotopic (exact) mass is 372 g/mol. The van der Waals surface area contributed by atoms with Crippen LogP contribution in [-0.2, 0) is 0 Å². The van der Waals surface area contributed by atoms with Gasteiger partial charge >= 0.3 is 0 Å². The molecule has 0 spiro atoms. The van der Waals surface area contributed by atoms with Gasteiger partial charge in [-0.15, -0.1) is 0 Å². The Bertz CT molecular complexity index is 816. The predicted octanol–water partition coefficient (Wildman–Crippen LogP) is 4.23. The van der Waals surface area contributed by atoms with E-state index < -0.39 is 0 Å². The Labute approximate surface area is 157 Å². The van der Waals surface area contributed by atoms with Crippen molar-refractivity contribution in [1.29, 1.82) is 0 Å². The molecule has 1 saturated heterocycles. The van der Waals surface area contributed by atoms with E-state index in [-0.39, 0.29) is 11.8 Å². The van der Waals surface area contributed by atoms with Crippen molar-refractivity contribution in [2.75, 3.05) is 25.5 Å². The number of nitrogens with one attached hydrogen (secondary N) is 1. The van der Waals surface area contributed by atoms with E-state index in [9.17, 15) is 9.59 Å². The molecule has 1 aliphatic heterocycles. The summed E-state index contributed by atoms with van der Waals surface area (Å²) in [5.41, 5.74) is 1.40. The van der Waals surface area contributed by atoms with Gasteiger partial charge in [-0.05, 0) is 49.6 Å². The van der Waals surface area contributed by atoms with Crippen molar-refractivity contribution in [2.24, 2.45) is 0 Å². The predicted molar refractivity (Wildman–Crippen MR) is 102 cm³/mol. The van der Waals surface area contributed by atoms with Crippen LogP contribution in [-0.4, -0.2) is 36.9 Å². The molecule has 3 rings (SSSR count). The van der Waals surface area contributed by atoms with Crippen LogP contribution in [0.1, 0.15) is 40.0 Å². The molecule has 2 aromatic rings. The number of amides is 2. The number of nitrogens with zero attached hydrogens (tertiary/aromatic N) is 1. The Morgan fingerprint density at radius 3 is 2.50 bits per heavy atom. The van der Waals surface area contributed by atoms with Gasteiger partial charge in [0, 0.05) is 18.7 Å². The van der Waals surface area contributed by atoms with Crippen molar-refractivity contribution in [3.8, 4) is 5.75 Å². The van der Waals surface area contributed by atoms with Gasteiger partial charge in [0.2, 0.25) is 0 Å². The molecule has 0 atom stereocenters. The molecule has 0 aromatic heterocycles. The molecule has 0 saturated carbocycles. The standard InChI is InChI=1S/C20H21ClN2O3/c1-26-18-10-9-14(13-16(18)21)19(24)22-17-8-4-3-7-15(17)20(25)23-11-5-2-6-12-23/h3-4,7-10,13H,2,5-6,11-12H2,1H3,(H,22,24). The number of hydrogen-bond acceptors (Lipinski definition) is 3. The van der Waals surface area contributed by atoms with Crippen LogP contribution in [0.5, 0.6) is 5.75 Å². The van der Waals surface area contributed by atoms with Crippen LogP contribution in [0.3, 0.4) is 0 Å². The van der Waals surface area contributed by atoms with Crippen LogP contribution in [0, 0.1) is 0 Å². The highest BCUT2D eigenvalue weighted by atomic mass is 35.5. The van der Waals surface area contributed by atoms with Gasteiger partial charge in [-0.3, -0.25) is 9.59 Å². The Balaban J connectivity index is 1.80. The van der Waals surface area contributed by atoms with Crippen LogP contribution in [0.25, 0.3) is 0 Å². The number of benzene rings is 2. The number of anilines is 1. The molecule has 26 heavy (non-hydrogen) atoms. The average Bonchev–Trinajstić information content (AvgIpc) is 2.68. The Kier molecular flexibility index (Phi) is 5.78. The first-order valence-electron chi connectivity index (χ1n) is 8.63. The Morgan fingerprint density at radius 1 is 1.08 bits per heavy atom. The fourth-order valence-electron chi connectivity index (χ4n) is 3.05. The summed E-state index contributed by atoms with van der Waals surface area (Å²) in [7, 11) is 1.52. The van der Waals surface area contributed by atoms with Gasteiger partial charge in [0.1, 0.15) is 5.75 Å². The van der Waals surface area contributed by atoms with Gasteiger partial charge in [-0.2, -0.15) is 0 Å². The number of likely N-dealkylation sites (tertiary alicyclic amines) is 1. The molecule has 5 nitrogen and oxygen atoms in total. The lowest BCUT2D eigenvalue weighted by Crippen LogP contribution is -2.36. The van der Waals surface area contributed by atoms with Crippen LogP contribution < -0.4 is 10.1 Å². The van der Waals surface area contributed by atoms with E-state index in [0.717, 1.165) is 32.4 Å². The number of rotatable bonds is 4. The summed E-state index contributed by atoms with van der Waals surface area (Å²) in [6, 6.07) is 11.9. The molecule has 6 heteroatoms. The smallest absolute Gasteiger partial charge is 0.255 e. The minimum absolute atomic E-state index is 0.0478. The van der Waals surface area contributed by atoms with E-state index in [1.807, 2.05) is 4.90 Å². The number of carbonyl (C=O) groups excluding carboxylic acids is 2. The number of ether oxygens (including phenoxy) is 1. The van der Waals surface area contributed by atoms with E-state index in [4.69, 9.17) is 16.3 Å². The Hall–Kier alpha value is -2.53. The molecule has 1 aliphatic rings. The molecular formula is C20H21ClN2O3. The number of methoxy groups -OCH3 is 1. The second-order valence-electron chi connectivity index (χ2n) is 6.20. The van der Waals surface area contributed by atoms with Gasteiger partial charge in [0.05, 0.1) is 23.4 Å². The summed E-state index contributed by atoms with van der Waals surface area (Å²) < 4.78 is 5.10. The maximum atomic E-state index is 12.8. The molecule has 0 unspecified atom stereocenters. The van der Waals surface area contributed by atoms with E-state index in [0.29, 0.717) is 27.6 Å². The first-order valence-corrected chi connectivity index (χ1v) is 9.01. The van der Waals surface area contributed by atoms with Gasteiger partial charge in [0.25, 0.3) is 11.8 Å². The zero-order chi connectivity index (χ0) is 18.5. The lowest BCUT2D eigenvalue weighted by Gasteiger charge is -2.27. The maximum absolute atomic E-state index is 12.8. The van der Waals surface area contributed by atoms with E-state index in [1.165, 1.54) is 7.11 Å². The van der Waals surface area contributed by atoms with E-state index in [1.54, 1.807) is 42.5 Å². The van der Waals surface area contributed by atoms with Crippen molar-refractivity contribution in [3.05, 3.63) is 58.6 Å². The lowest BCUT2D eigenvalue weighted by atomic mass is 10.1. The number of halogens is 1. The molecule has 1 fully saturated rings. The topological polar surface area (TPSA) is 58.6 Å². The van der Waals surface area contributed by atoms with Crippen LogP contribution in [0.2, 0.25) is 5.02 Å². The largest absolute Gasteiger partial charge is 0.495 e. The summed E-state index contributed by atoms with van der Waals surface area (Å²) in [6.45, 7) is 1.52. The summed E-state index contributed by atoms with van der Waals surface area (Å²) in [4.78, 5) is 27.2. The second-order valence-corrected chi connectivity index (χ2v) is 6.61. The number of piperidine rings is 1. The molecule has 0 radical (unpaired) electrons. The first kappa shape index (κ1) is 18.3. The Morgan fingerprint density at radius 2 is 1.81 bits per heavy atom. The second kappa shape index (κ2) is 8.23. The molecule has 2 aromatic carbocycles. The number of hydrogen-bond donors (Lipinski definition) is 1. The fourth-order valence-corrected chi connectivity index (χ4v) is 3.31. The van der Waals surface area contributed by atoms with Gasteiger partial charge < -0.3 is 15.0 Å². The summed E-state index contributed by atoms with van der Waals surface area (Å²) in [5, 5.41) is 3.18. The highest BCUT2D eigenvalue weighted by molar-refractivity contribution is 6.32. The zero-order valence-electron chi connectivity index (χ0n) is 14.6. The number of carbonyl (C=O) groups is 2. The van der Waals surface area contributed by atoms with Crippen molar-refractivity contribution < 1.29 is 14.3 Å². The lowest BCUT2D eigenvalue weighted by molar-refractivity contribution is 0.0725. The SMILES string of the molecule is COc1ccc(C(=O)Nc2ccccc2C(=O)N2CCCCC2)cc1Cl. The third-order valence-electron chi connectivity index (χ3n) is 4.46. The molecule has 2 amide bonds. The normalized spacial score (nSPS) is 14.0. The fraction of sp³-hybridized carbons (Fsp3) is 0.300. The minimum Gasteiger partial charge on any atom is -0.495 e. The minimum atomic E-state index is -0.326. The van der Waals surface area contributed by atoms with Crippen molar-refractivity contribution in [3.63, 3.8) is 0 Å². The molecule has 0 bridgehead atoms. The highest BCUT2D eigenvalue weighted by Crippen LogP contribution is 2.26. The first-order chi connectivity index (χ1) is 12.6. The maximum Gasteiger partial charge on any atom is 0.255 e. The quantitative estimate of drug-likeness (QED) is 0.873. The third kappa shape index (κ3) is 3.99. The van der Waals surface area contributed by atoms with Crippen molar-refractivity contribution in [1.82, 2.24) is 4.90 Å². The summed E-state index contributed by atoms with van der Waals surface area (Å²) in [6.07, 6.45) is 3.19. The third-order valence-corrected chi connectivity index (χ3v) is 4.76. The van der Waals surface area contributed by atoms with Crippen LogP contribution in [0.15, 0.2) is 42.5 Å². The molecule has 0 aliphatic carbocycles. The summed E-state index contributed by atoms with van der Waals surface area (Å²) in [5.74, 6) is 0.130. The van der Waals surface area contributed by atoms with Crippen molar-refractivity contribution in [2.45, 2.75) is 19.3 Å². The van der Waals surface area contributed by atoms with Gasteiger partial charge in [0.15, 0.2) is 0 Å². The van der Waals surface area contributed by atoms with E-state index in [2.05, 4.69) is 5.32 Å². The molecule has 1 heterocycles. The zero-order valence-corrected chi connectivity index (χ0v) is 15.4. The molecule has 136 valence electrons. The average molecular weight is 373 g/mol.